The van der Waals surface area contributed by atoms with Crippen molar-refractivity contribution in [3.63, 3.8) is 0 Å². The molecular weight excluding hydrogens is 234 g/mol. The Bertz CT molecular complexity index is 579. The van der Waals surface area contributed by atoms with E-state index in [1.165, 1.54) is 48.2 Å². The second-order valence-electron chi connectivity index (χ2n) is 5.82. The predicted octanol–water partition coefficient (Wildman–Crippen LogP) is 2.64. The summed E-state index contributed by atoms with van der Waals surface area (Å²) in [5, 5.41) is 11.5. The summed E-state index contributed by atoms with van der Waals surface area (Å²) >= 11 is 0. The molecule has 2 aromatic rings. The lowest BCUT2D eigenvalue weighted by Crippen LogP contribution is -2.38. The normalized spacial score (nSPS) is 20.6. The summed E-state index contributed by atoms with van der Waals surface area (Å²) in [7, 11) is 0. The van der Waals surface area contributed by atoms with Crippen molar-refractivity contribution in [2.75, 3.05) is 13.1 Å². The van der Waals surface area contributed by atoms with E-state index in [1.807, 2.05) is 0 Å². The summed E-state index contributed by atoms with van der Waals surface area (Å²) in [4.78, 5) is 0. The van der Waals surface area contributed by atoms with Crippen LogP contribution < -0.4 is 5.32 Å². The Morgan fingerprint density at radius 2 is 1.79 bits per heavy atom. The first-order valence-electron chi connectivity index (χ1n) is 7.23. The van der Waals surface area contributed by atoms with E-state index >= 15 is 0 Å². The molecule has 0 unspecified atom stereocenters. The van der Waals surface area contributed by atoms with Gasteiger partial charge in [0.05, 0.1) is 5.69 Å². The molecule has 98 valence electrons. The highest BCUT2D eigenvalue weighted by atomic mass is 15.1. The lowest BCUT2D eigenvalue weighted by atomic mass is 9.77. The van der Waals surface area contributed by atoms with Crippen molar-refractivity contribution in [2.45, 2.75) is 31.1 Å². The van der Waals surface area contributed by atoms with Gasteiger partial charge in [0.2, 0.25) is 0 Å². The molecule has 0 atom stereocenters. The van der Waals surface area contributed by atoms with E-state index in [-0.39, 0.29) is 0 Å². The van der Waals surface area contributed by atoms with E-state index in [9.17, 15) is 0 Å². The van der Waals surface area contributed by atoms with E-state index < -0.39 is 0 Å². The van der Waals surface area contributed by atoms with Crippen LogP contribution in [0.4, 0.5) is 0 Å². The minimum Gasteiger partial charge on any atom is -0.317 e. The first kappa shape index (κ1) is 11.2. The van der Waals surface area contributed by atoms with Crippen molar-refractivity contribution in [1.29, 1.82) is 0 Å². The molecule has 1 aromatic carbocycles. The van der Waals surface area contributed by atoms with Gasteiger partial charge in [0, 0.05) is 22.2 Å². The molecule has 3 heteroatoms. The third-order valence-corrected chi connectivity index (χ3v) is 4.86. The van der Waals surface area contributed by atoms with Gasteiger partial charge in [-0.3, -0.25) is 5.10 Å². The van der Waals surface area contributed by atoms with Crippen LogP contribution in [0.5, 0.6) is 0 Å². The standard InChI is InChI=1S/C16H19N3/c1-2-4-12(5-3-1)14-13-6-7-16(15(13)19-18-14)8-10-17-11-9-16/h1-5,17H,6-11H2,(H,18,19). The van der Waals surface area contributed by atoms with Gasteiger partial charge < -0.3 is 5.32 Å². The molecule has 2 heterocycles. The minimum absolute atomic E-state index is 0.376. The third kappa shape index (κ3) is 1.65. The lowest BCUT2D eigenvalue weighted by molar-refractivity contribution is 0.299. The number of hydrogen-bond donors (Lipinski definition) is 2. The van der Waals surface area contributed by atoms with Crippen LogP contribution in [-0.2, 0) is 11.8 Å². The Morgan fingerprint density at radius 3 is 2.58 bits per heavy atom. The molecule has 4 rings (SSSR count). The number of benzene rings is 1. The molecule has 2 N–H and O–H groups in total. The molecule has 1 aromatic heterocycles. The highest BCUT2D eigenvalue weighted by Gasteiger charge is 2.42. The van der Waals surface area contributed by atoms with Crippen LogP contribution in [-0.4, -0.2) is 23.3 Å². The number of H-pyrrole nitrogens is 1. The first-order chi connectivity index (χ1) is 9.39. The zero-order valence-corrected chi connectivity index (χ0v) is 11.1. The Balaban J connectivity index is 1.78. The number of nitrogens with zero attached hydrogens (tertiary/aromatic N) is 1. The summed E-state index contributed by atoms with van der Waals surface area (Å²) in [6, 6.07) is 10.6. The molecule has 1 aliphatic carbocycles. The Hall–Kier alpha value is -1.61. The van der Waals surface area contributed by atoms with Gasteiger partial charge in [-0.1, -0.05) is 30.3 Å². The summed E-state index contributed by atoms with van der Waals surface area (Å²) in [6.45, 7) is 2.28. The van der Waals surface area contributed by atoms with Crippen molar-refractivity contribution in [3.05, 3.63) is 41.6 Å². The molecule has 1 fully saturated rings. The molecule has 0 radical (unpaired) electrons. The van der Waals surface area contributed by atoms with E-state index in [4.69, 9.17) is 0 Å². The number of rotatable bonds is 1. The molecule has 19 heavy (non-hydrogen) atoms. The fourth-order valence-electron chi connectivity index (χ4n) is 3.78. The fourth-order valence-corrected chi connectivity index (χ4v) is 3.78. The molecule has 0 amide bonds. The summed E-state index contributed by atoms with van der Waals surface area (Å²) < 4.78 is 0. The van der Waals surface area contributed by atoms with Crippen LogP contribution in [0.2, 0.25) is 0 Å². The van der Waals surface area contributed by atoms with E-state index in [1.54, 1.807) is 0 Å². The highest BCUT2D eigenvalue weighted by molar-refractivity contribution is 5.65. The van der Waals surface area contributed by atoms with Crippen molar-refractivity contribution in [3.8, 4) is 11.3 Å². The molecule has 0 saturated carbocycles. The molecular formula is C16H19N3. The fraction of sp³-hybridized carbons (Fsp3) is 0.438. The van der Waals surface area contributed by atoms with Crippen LogP contribution in [0.1, 0.15) is 30.5 Å². The molecule has 0 bridgehead atoms. The van der Waals surface area contributed by atoms with Gasteiger partial charge in [0.1, 0.15) is 0 Å². The van der Waals surface area contributed by atoms with E-state index in [2.05, 4.69) is 45.8 Å². The van der Waals surface area contributed by atoms with Crippen molar-refractivity contribution >= 4 is 0 Å². The van der Waals surface area contributed by atoms with Crippen LogP contribution in [0.25, 0.3) is 11.3 Å². The molecule has 1 spiro atoms. The Morgan fingerprint density at radius 1 is 1.00 bits per heavy atom. The smallest absolute Gasteiger partial charge is 0.0955 e. The largest absolute Gasteiger partial charge is 0.317 e. The van der Waals surface area contributed by atoms with Gasteiger partial charge in [0.15, 0.2) is 0 Å². The van der Waals surface area contributed by atoms with Crippen LogP contribution >= 0.6 is 0 Å². The van der Waals surface area contributed by atoms with Crippen molar-refractivity contribution in [2.24, 2.45) is 0 Å². The van der Waals surface area contributed by atoms with Gasteiger partial charge in [0.25, 0.3) is 0 Å². The number of hydrogen-bond acceptors (Lipinski definition) is 2. The van der Waals surface area contributed by atoms with Gasteiger partial charge in [-0.15, -0.1) is 0 Å². The monoisotopic (exact) mass is 253 g/mol. The average molecular weight is 253 g/mol. The summed E-state index contributed by atoms with van der Waals surface area (Å²) in [5.74, 6) is 0. The van der Waals surface area contributed by atoms with Crippen LogP contribution in [0.3, 0.4) is 0 Å². The lowest BCUT2D eigenvalue weighted by Gasteiger charge is -2.33. The van der Waals surface area contributed by atoms with Gasteiger partial charge in [-0.2, -0.15) is 5.10 Å². The van der Waals surface area contributed by atoms with Crippen LogP contribution in [0, 0.1) is 0 Å². The summed E-state index contributed by atoms with van der Waals surface area (Å²) in [6.07, 6.45) is 4.96. The topological polar surface area (TPSA) is 40.7 Å². The number of piperidine rings is 1. The molecule has 1 aliphatic heterocycles. The first-order valence-corrected chi connectivity index (χ1v) is 7.23. The molecule has 1 saturated heterocycles. The number of fused-ring (bicyclic) bond motifs is 2. The minimum atomic E-state index is 0.376. The molecule has 2 aliphatic rings. The second-order valence-corrected chi connectivity index (χ2v) is 5.82. The number of aromatic amines is 1. The van der Waals surface area contributed by atoms with Crippen molar-refractivity contribution < 1.29 is 0 Å². The predicted molar refractivity (Wildman–Crippen MR) is 76.1 cm³/mol. The number of nitrogens with one attached hydrogen (secondary N) is 2. The maximum atomic E-state index is 4.61. The van der Waals surface area contributed by atoms with Crippen molar-refractivity contribution in [1.82, 2.24) is 15.5 Å². The Labute approximate surface area is 113 Å². The second kappa shape index (κ2) is 4.20. The number of aromatic nitrogens is 2. The Kier molecular flexibility index (Phi) is 2.49. The van der Waals surface area contributed by atoms with Crippen LogP contribution in [0.15, 0.2) is 30.3 Å². The van der Waals surface area contributed by atoms with Gasteiger partial charge in [-0.05, 0) is 38.8 Å². The van der Waals surface area contributed by atoms with Gasteiger partial charge in [-0.25, -0.2) is 0 Å². The SMILES string of the molecule is c1ccc(-c2n[nH]c3c2CCC32CCNCC2)cc1. The van der Waals surface area contributed by atoms with E-state index in [0.717, 1.165) is 13.1 Å². The quantitative estimate of drug-likeness (QED) is 0.820. The third-order valence-electron chi connectivity index (χ3n) is 4.86. The highest BCUT2D eigenvalue weighted by Crippen LogP contribution is 2.46. The summed E-state index contributed by atoms with van der Waals surface area (Å²) in [5.41, 5.74) is 5.68. The molecule has 3 nitrogen and oxygen atoms in total. The maximum absolute atomic E-state index is 4.61. The van der Waals surface area contributed by atoms with E-state index in [0.29, 0.717) is 5.41 Å². The van der Waals surface area contributed by atoms with Gasteiger partial charge >= 0.3 is 0 Å². The zero-order valence-electron chi connectivity index (χ0n) is 11.1. The zero-order chi connectivity index (χ0) is 12.7. The maximum Gasteiger partial charge on any atom is 0.0955 e. The average Bonchev–Trinajstić information content (AvgIpc) is 3.04.